The van der Waals surface area contributed by atoms with Gasteiger partial charge in [0.1, 0.15) is 0 Å². The van der Waals surface area contributed by atoms with Crippen LogP contribution in [0.25, 0.3) is 0 Å². The summed E-state index contributed by atoms with van der Waals surface area (Å²) in [5.74, 6) is 0.684. The average molecular weight is 179 g/mol. The van der Waals surface area contributed by atoms with Gasteiger partial charge in [-0.1, -0.05) is 19.1 Å². The van der Waals surface area contributed by atoms with Gasteiger partial charge in [0.15, 0.2) is 0 Å². The predicted molar refractivity (Wildman–Crippen MR) is 51.5 cm³/mol. The Hall–Kier alpha value is -0.860. The number of fused-ring (bicyclic) bond motifs is 1. The lowest BCUT2D eigenvalue weighted by atomic mass is 10.0. The highest BCUT2D eigenvalue weighted by atomic mass is 15.4. The summed E-state index contributed by atoms with van der Waals surface area (Å²) in [5, 5.41) is 8.43. The smallest absolute Gasteiger partial charge is 0.0861 e. The van der Waals surface area contributed by atoms with Gasteiger partial charge in [-0.2, -0.15) is 0 Å². The van der Waals surface area contributed by atoms with E-state index in [-0.39, 0.29) is 0 Å². The number of aryl methyl sites for hydroxylation is 1. The maximum Gasteiger partial charge on any atom is 0.0861 e. The molecule has 0 bridgehead atoms. The summed E-state index contributed by atoms with van der Waals surface area (Å²) in [7, 11) is 0. The lowest BCUT2D eigenvalue weighted by Gasteiger charge is -2.13. The molecule has 0 unspecified atom stereocenters. The molecule has 1 aliphatic heterocycles. The second-order valence-electron chi connectivity index (χ2n) is 4.26. The molecule has 0 N–H and O–H groups in total. The first kappa shape index (κ1) is 8.73. The van der Waals surface area contributed by atoms with E-state index in [0.29, 0.717) is 5.92 Å². The number of hydrogen-bond donors (Lipinski definition) is 0. The van der Waals surface area contributed by atoms with Gasteiger partial charge in [0, 0.05) is 6.54 Å². The number of hydrogen-bond acceptors (Lipinski definition) is 2. The Morgan fingerprint density at radius 1 is 1.38 bits per heavy atom. The van der Waals surface area contributed by atoms with Crippen LogP contribution in [0, 0.1) is 5.92 Å². The van der Waals surface area contributed by atoms with Crippen molar-refractivity contribution in [3.05, 3.63) is 11.4 Å². The van der Waals surface area contributed by atoms with Crippen molar-refractivity contribution >= 4 is 0 Å². The third kappa shape index (κ3) is 1.74. The van der Waals surface area contributed by atoms with Crippen molar-refractivity contribution < 1.29 is 0 Å². The van der Waals surface area contributed by atoms with Crippen LogP contribution in [0.1, 0.15) is 38.1 Å². The molecule has 0 amide bonds. The fourth-order valence-corrected chi connectivity index (χ4v) is 1.92. The third-order valence-electron chi connectivity index (χ3n) is 2.55. The van der Waals surface area contributed by atoms with Gasteiger partial charge in [-0.15, -0.1) is 5.10 Å². The zero-order valence-corrected chi connectivity index (χ0v) is 8.45. The van der Waals surface area contributed by atoms with Gasteiger partial charge in [-0.25, -0.2) is 4.68 Å². The van der Waals surface area contributed by atoms with Gasteiger partial charge < -0.3 is 0 Å². The molecular weight excluding hydrogens is 162 g/mol. The van der Waals surface area contributed by atoms with Gasteiger partial charge in [0.2, 0.25) is 0 Å². The molecule has 3 heteroatoms. The van der Waals surface area contributed by atoms with Gasteiger partial charge in [0.05, 0.1) is 11.4 Å². The Bertz CT molecular complexity index is 288. The van der Waals surface area contributed by atoms with E-state index in [1.165, 1.54) is 30.7 Å². The maximum atomic E-state index is 4.25. The van der Waals surface area contributed by atoms with Crippen molar-refractivity contribution in [2.24, 2.45) is 5.92 Å². The highest BCUT2D eigenvalue weighted by Gasteiger charge is 2.16. The lowest BCUT2D eigenvalue weighted by molar-refractivity contribution is 0.475. The predicted octanol–water partition coefficient (Wildman–Crippen LogP) is 1.81. The van der Waals surface area contributed by atoms with Crippen molar-refractivity contribution in [2.75, 3.05) is 0 Å². The molecule has 13 heavy (non-hydrogen) atoms. The van der Waals surface area contributed by atoms with Crippen LogP contribution in [-0.2, 0) is 19.4 Å². The monoisotopic (exact) mass is 179 g/mol. The fraction of sp³-hybridized carbons (Fsp3) is 0.800. The van der Waals surface area contributed by atoms with Crippen molar-refractivity contribution in [2.45, 2.75) is 46.1 Å². The van der Waals surface area contributed by atoms with E-state index in [9.17, 15) is 0 Å². The largest absolute Gasteiger partial charge is 0.249 e. The van der Waals surface area contributed by atoms with Gasteiger partial charge in [-0.3, -0.25) is 0 Å². The summed E-state index contributed by atoms with van der Waals surface area (Å²) in [6.07, 6.45) is 4.82. The highest BCUT2D eigenvalue weighted by molar-refractivity contribution is 5.12. The molecule has 0 aliphatic carbocycles. The second kappa shape index (κ2) is 3.48. The van der Waals surface area contributed by atoms with Crippen LogP contribution < -0.4 is 0 Å². The topological polar surface area (TPSA) is 30.7 Å². The van der Waals surface area contributed by atoms with Crippen molar-refractivity contribution in [3.63, 3.8) is 0 Å². The van der Waals surface area contributed by atoms with E-state index >= 15 is 0 Å². The standard InChI is InChI=1S/C10H17N3/c1-8(2)7-9-10-5-3-4-6-13(10)12-11-9/h8H,3-7H2,1-2H3. The minimum absolute atomic E-state index is 0.684. The summed E-state index contributed by atoms with van der Waals surface area (Å²) in [6.45, 7) is 5.53. The van der Waals surface area contributed by atoms with Crippen LogP contribution in [0.5, 0.6) is 0 Å². The SMILES string of the molecule is CC(C)Cc1nnn2c1CCCC2. The molecule has 0 saturated heterocycles. The molecule has 2 heterocycles. The average Bonchev–Trinajstić information content (AvgIpc) is 2.48. The molecule has 0 aromatic carbocycles. The van der Waals surface area contributed by atoms with Crippen LogP contribution in [0.2, 0.25) is 0 Å². The van der Waals surface area contributed by atoms with Crippen LogP contribution in [0.3, 0.4) is 0 Å². The van der Waals surface area contributed by atoms with E-state index < -0.39 is 0 Å². The Labute approximate surface area is 79.1 Å². The van der Waals surface area contributed by atoms with Crippen molar-refractivity contribution in [1.29, 1.82) is 0 Å². The molecule has 1 aliphatic rings. The Morgan fingerprint density at radius 2 is 2.23 bits per heavy atom. The summed E-state index contributed by atoms with van der Waals surface area (Å²) < 4.78 is 2.08. The molecule has 0 saturated carbocycles. The van der Waals surface area contributed by atoms with E-state index in [4.69, 9.17) is 0 Å². The summed E-state index contributed by atoms with van der Waals surface area (Å²) in [4.78, 5) is 0. The number of nitrogens with zero attached hydrogens (tertiary/aromatic N) is 3. The van der Waals surface area contributed by atoms with Gasteiger partial charge >= 0.3 is 0 Å². The van der Waals surface area contributed by atoms with Crippen LogP contribution in [0.4, 0.5) is 0 Å². The highest BCUT2D eigenvalue weighted by Crippen LogP contribution is 2.18. The fourth-order valence-electron chi connectivity index (χ4n) is 1.92. The van der Waals surface area contributed by atoms with Crippen LogP contribution in [0.15, 0.2) is 0 Å². The molecule has 0 radical (unpaired) electrons. The first-order valence-corrected chi connectivity index (χ1v) is 5.18. The molecule has 0 fully saturated rings. The molecule has 2 rings (SSSR count). The molecule has 1 aromatic rings. The third-order valence-corrected chi connectivity index (χ3v) is 2.55. The first-order chi connectivity index (χ1) is 6.27. The minimum Gasteiger partial charge on any atom is -0.249 e. The molecule has 0 spiro atoms. The van der Waals surface area contributed by atoms with Crippen molar-refractivity contribution in [3.8, 4) is 0 Å². The second-order valence-corrected chi connectivity index (χ2v) is 4.26. The molecule has 1 aromatic heterocycles. The van der Waals surface area contributed by atoms with Crippen molar-refractivity contribution in [1.82, 2.24) is 15.0 Å². The Kier molecular flexibility index (Phi) is 2.34. The van der Waals surface area contributed by atoms with Crippen LogP contribution >= 0.6 is 0 Å². The summed E-state index contributed by atoms with van der Waals surface area (Å²) in [6, 6.07) is 0. The van der Waals surface area contributed by atoms with Crippen LogP contribution in [-0.4, -0.2) is 15.0 Å². The molecule has 72 valence electrons. The molecule has 0 atom stereocenters. The number of aromatic nitrogens is 3. The zero-order valence-electron chi connectivity index (χ0n) is 8.45. The zero-order chi connectivity index (χ0) is 9.26. The first-order valence-electron chi connectivity index (χ1n) is 5.18. The molecule has 3 nitrogen and oxygen atoms in total. The molecular formula is C10H17N3. The number of rotatable bonds is 2. The minimum atomic E-state index is 0.684. The lowest BCUT2D eigenvalue weighted by Crippen LogP contribution is -2.12. The van der Waals surface area contributed by atoms with Gasteiger partial charge in [-0.05, 0) is 31.6 Å². The van der Waals surface area contributed by atoms with E-state index in [2.05, 4.69) is 28.8 Å². The Morgan fingerprint density at radius 3 is 3.00 bits per heavy atom. The van der Waals surface area contributed by atoms with E-state index in [1.807, 2.05) is 0 Å². The van der Waals surface area contributed by atoms with E-state index in [1.54, 1.807) is 0 Å². The maximum absolute atomic E-state index is 4.25. The summed E-state index contributed by atoms with van der Waals surface area (Å²) in [5.41, 5.74) is 2.62. The van der Waals surface area contributed by atoms with E-state index in [0.717, 1.165) is 13.0 Å². The van der Waals surface area contributed by atoms with Gasteiger partial charge in [0.25, 0.3) is 0 Å². The summed E-state index contributed by atoms with van der Waals surface area (Å²) >= 11 is 0. The normalized spacial score (nSPS) is 16.2. The Balaban J connectivity index is 2.21. The quantitative estimate of drug-likeness (QED) is 0.693.